The lowest BCUT2D eigenvalue weighted by molar-refractivity contribution is 0.408. The Morgan fingerprint density at radius 1 is 1.38 bits per heavy atom. The zero-order valence-corrected chi connectivity index (χ0v) is 13.3. The van der Waals surface area contributed by atoms with Crippen LogP contribution in [0.1, 0.15) is 46.0 Å². The largest absolute Gasteiger partial charge is 0.490 e. The van der Waals surface area contributed by atoms with Crippen LogP contribution in [0, 0.1) is 5.92 Å². The number of rotatable bonds is 7. The van der Waals surface area contributed by atoms with E-state index in [1.807, 2.05) is 0 Å². The van der Waals surface area contributed by atoms with E-state index in [1.165, 1.54) is 25.7 Å². The third kappa shape index (κ3) is 3.75. The van der Waals surface area contributed by atoms with Crippen LogP contribution < -0.4 is 20.9 Å². The first-order chi connectivity index (χ1) is 10.2. The van der Waals surface area contributed by atoms with Crippen molar-refractivity contribution in [3.05, 3.63) is 6.33 Å². The number of anilines is 2. The summed E-state index contributed by atoms with van der Waals surface area (Å²) < 4.78 is 5.51. The van der Waals surface area contributed by atoms with Crippen molar-refractivity contribution in [2.24, 2.45) is 11.8 Å². The number of nitrogens with two attached hydrogens (primary N) is 1. The molecule has 1 aliphatic carbocycles. The smallest absolute Gasteiger partial charge is 0.205 e. The maximum atomic E-state index is 5.53. The summed E-state index contributed by atoms with van der Waals surface area (Å²) in [6.45, 7) is 5.48. The molecule has 21 heavy (non-hydrogen) atoms. The van der Waals surface area contributed by atoms with Crippen LogP contribution in [0.3, 0.4) is 0 Å². The lowest BCUT2D eigenvalue weighted by Crippen LogP contribution is -2.36. The molecule has 118 valence electrons. The van der Waals surface area contributed by atoms with Crippen LogP contribution in [0.25, 0.3) is 0 Å². The van der Waals surface area contributed by atoms with Crippen molar-refractivity contribution in [3.63, 3.8) is 0 Å². The maximum absolute atomic E-state index is 5.53. The maximum Gasteiger partial charge on any atom is 0.205 e. The molecule has 0 bridgehead atoms. The van der Waals surface area contributed by atoms with Crippen molar-refractivity contribution in [1.82, 2.24) is 9.97 Å². The fourth-order valence-electron chi connectivity index (χ4n) is 2.93. The van der Waals surface area contributed by atoms with Crippen molar-refractivity contribution in [2.45, 2.75) is 52.0 Å². The molecule has 1 saturated carbocycles. The zero-order valence-electron chi connectivity index (χ0n) is 13.3. The van der Waals surface area contributed by atoms with Gasteiger partial charge < -0.3 is 15.1 Å². The van der Waals surface area contributed by atoms with Crippen molar-refractivity contribution in [1.29, 1.82) is 0 Å². The lowest BCUT2D eigenvalue weighted by Gasteiger charge is -2.32. The van der Waals surface area contributed by atoms with E-state index in [2.05, 4.69) is 34.1 Å². The molecule has 1 heterocycles. The van der Waals surface area contributed by atoms with E-state index in [0.717, 1.165) is 18.8 Å². The predicted octanol–water partition coefficient (Wildman–Crippen LogP) is 2.57. The summed E-state index contributed by atoms with van der Waals surface area (Å²) >= 11 is 0. The molecule has 6 nitrogen and oxygen atoms in total. The molecule has 0 unspecified atom stereocenters. The van der Waals surface area contributed by atoms with Crippen LogP contribution in [-0.4, -0.2) is 29.7 Å². The lowest BCUT2D eigenvalue weighted by atomic mass is 10.1. The molecule has 1 fully saturated rings. The topological polar surface area (TPSA) is 76.3 Å². The Labute approximate surface area is 127 Å². The minimum atomic E-state index is 0.537. The van der Waals surface area contributed by atoms with Gasteiger partial charge in [0.25, 0.3) is 0 Å². The summed E-state index contributed by atoms with van der Waals surface area (Å²) in [4.78, 5) is 11.0. The number of nitrogens with one attached hydrogen (secondary N) is 1. The molecule has 0 amide bonds. The number of methoxy groups -OCH3 is 1. The van der Waals surface area contributed by atoms with Gasteiger partial charge in [0.05, 0.1) is 7.11 Å². The number of aromatic nitrogens is 2. The minimum Gasteiger partial charge on any atom is -0.490 e. The number of nitrogen functional groups attached to an aromatic ring is 1. The van der Waals surface area contributed by atoms with Gasteiger partial charge >= 0.3 is 0 Å². The fraction of sp³-hybridized carbons (Fsp3) is 0.733. The molecule has 0 atom stereocenters. The van der Waals surface area contributed by atoms with E-state index in [9.17, 15) is 0 Å². The second-order valence-corrected chi connectivity index (χ2v) is 6.04. The highest BCUT2D eigenvalue weighted by molar-refractivity contribution is 5.64. The van der Waals surface area contributed by atoms with Crippen LogP contribution in [0.5, 0.6) is 5.75 Å². The SMILES string of the molecule is COc1c(NN)ncnc1N(CCC(C)C)C1CCCC1. The van der Waals surface area contributed by atoms with Crippen LogP contribution in [0.15, 0.2) is 6.33 Å². The van der Waals surface area contributed by atoms with Gasteiger partial charge in [0.15, 0.2) is 11.6 Å². The van der Waals surface area contributed by atoms with Crippen molar-refractivity contribution in [3.8, 4) is 5.75 Å². The molecule has 0 aromatic carbocycles. The zero-order chi connectivity index (χ0) is 15.2. The van der Waals surface area contributed by atoms with Crippen molar-refractivity contribution >= 4 is 11.6 Å². The summed E-state index contributed by atoms with van der Waals surface area (Å²) in [5.41, 5.74) is 2.59. The first kappa shape index (κ1) is 15.8. The van der Waals surface area contributed by atoms with Gasteiger partial charge in [-0.3, -0.25) is 0 Å². The van der Waals surface area contributed by atoms with Gasteiger partial charge in [0.1, 0.15) is 6.33 Å². The quantitative estimate of drug-likeness (QED) is 0.594. The summed E-state index contributed by atoms with van der Waals surface area (Å²) in [7, 11) is 1.64. The Bertz CT molecular complexity index is 446. The molecule has 0 spiro atoms. The number of hydrogen-bond donors (Lipinski definition) is 2. The van der Waals surface area contributed by atoms with Crippen molar-refractivity contribution in [2.75, 3.05) is 24.0 Å². The molecule has 6 heteroatoms. The molecular formula is C15H27N5O. The fourth-order valence-corrected chi connectivity index (χ4v) is 2.93. The molecule has 0 saturated heterocycles. The summed E-state index contributed by atoms with van der Waals surface area (Å²) in [5.74, 6) is 8.22. The summed E-state index contributed by atoms with van der Waals surface area (Å²) in [5, 5.41) is 0. The van der Waals surface area contributed by atoms with Crippen LogP contribution in [0.2, 0.25) is 0 Å². The van der Waals surface area contributed by atoms with Crippen molar-refractivity contribution < 1.29 is 4.74 Å². The Hall–Kier alpha value is -1.56. The van der Waals surface area contributed by atoms with Gasteiger partial charge in [-0.2, -0.15) is 0 Å². The number of nitrogens with zero attached hydrogens (tertiary/aromatic N) is 3. The Morgan fingerprint density at radius 3 is 2.67 bits per heavy atom. The molecule has 0 radical (unpaired) electrons. The van der Waals surface area contributed by atoms with E-state index in [4.69, 9.17) is 10.6 Å². The van der Waals surface area contributed by atoms with Gasteiger partial charge in [-0.05, 0) is 25.2 Å². The highest BCUT2D eigenvalue weighted by atomic mass is 16.5. The van der Waals surface area contributed by atoms with Gasteiger partial charge in [-0.25, -0.2) is 15.8 Å². The third-order valence-electron chi connectivity index (χ3n) is 4.11. The number of hydrogen-bond acceptors (Lipinski definition) is 6. The molecule has 1 aromatic rings. The van der Waals surface area contributed by atoms with E-state index in [0.29, 0.717) is 23.5 Å². The average Bonchev–Trinajstić information content (AvgIpc) is 3.00. The Balaban J connectivity index is 2.30. The monoisotopic (exact) mass is 293 g/mol. The van der Waals surface area contributed by atoms with Crippen LogP contribution >= 0.6 is 0 Å². The van der Waals surface area contributed by atoms with Gasteiger partial charge in [0.2, 0.25) is 5.75 Å². The molecule has 0 aliphatic heterocycles. The highest BCUT2D eigenvalue weighted by Crippen LogP contribution is 2.36. The highest BCUT2D eigenvalue weighted by Gasteiger charge is 2.27. The minimum absolute atomic E-state index is 0.537. The second-order valence-electron chi connectivity index (χ2n) is 6.04. The van der Waals surface area contributed by atoms with Crippen LogP contribution in [-0.2, 0) is 0 Å². The van der Waals surface area contributed by atoms with E-state index >= 15 is 0 Å². The molecule has 1 aromatic heterocycles. The molecular weight excluding hydrogens is 266 g/mol. The van der Waals surface area contributed by atoms with E-state index < -0.39 is 0 Å². The first-order valence-electron chi connectivity index (χ1n) is 7.79. The molecule has 3 N–H and O–H groups in total. The van der Waals surface area contributed by atoms with E-state index in [1.54, 1.807) is 13.4 Å². The average molecular weight is 293 g/mol. The number of ether oxygens (including phenoxy) is 1. The third-order valence-corrected chi connectivity index (χ3v) is 4.11. The predicted molar refractivity (Wildman–Crippen MR) is 85.5 cm³/mol. The number of hydrazine groups is 1. The molecule has 2 rings (SSSR count). The van der Waals surface area contributed by atoms with Gasteiger partial charge in [-0.1, -0.05) is 26.7 Å². The summed E-state index contributed by atoms with van der Waals surface area (Å²) in [6, 6.07) is 0.540. The van der Waals surface area contributed by atoms with Gasteiger partial charge in [-0.15, -0.1) is 0 Å². The molecule has 1 aliphatic rings. The van der Waals surface area contributed by atoms with Crippen LogP contribution in [0.4, 0.5) is 11.6 Å². The normalized spacial score (nSPS) is 15.5. The van der Waals surface area contributed by atoms with Gasteiger partial charge in [0, 0.05) is 12.6 Å². The first-order valence-corrected chi connectivity index (χ1v) is 7.79. The Morgan fingerprint density at radius 2 is 2.10 bits per heavy atom. The Kier molecular flexibility index (Phi) is 5.61. The standard InChI is InChI=1S/C15H27N5O/c1-11(2)8-9-20(12-6-4-5-7-12)15-13(21-3)14(19-16)17-10-18-15/h10-12H,4-9,16H2,1-3H3,(H,17,18,19). The van der Waals surface area contributed by atoms with E-state index in [-0.39, 0.29) is 0 Å². The summed E-state index contributed by atoms with van der Waals surface area (Å²) in [6.07, 6.45) is 7.70. The second kappa shape index (κ2) is 7.45.